The number of quaternary nitrogens is 1. The van der Waals surface area contributed by atoms with Gasteiger partial charge in [-0.25, -0.2) is 0 Å². The van der Waals surface area contributed by atoms with E-state index in [4.69, 9.17) is 4.74 Å². The summed E-state index contributed by atoms with van der Waals surface area (Å²) in [5.41, 5.74) is 1.22. The number of ether oxygens (including phenoxy) is 1. The fraction of sp³-hybridized carbons (Fsp3) is 0.750. The maximum atomic E-state index is 13.1. The normalized spacial score (nSPS) is 19.9. The molecule has 2 aliphatic rings. The van der Waals surface area contributed by atoms with Crippen molar-refractivity contribution in [2.24, 2.45) is 13.0 Å². The molecule has 1 aliphatic heterocycles. The van der Waals surface area contributed by atoms with Gasteiger partial charge in [0, 0.05) is 37.8 Å². The van der Waals surface area contributed by atoms with E-state index < -0.39 is 0 Å². The summed E-state index contributed by atoms with van der Waals surface area (Å²) in [7, 11) is 2.07. The zero-order valence-electron chi connectivity index (χ0n) is 15.7. The molecular weight excluding hydrogens is 314 g/mol. The first kappa shape index (κ1) is 18.5. The molecule has 2 heterocycles. The van der Waals surface area contributed by atoms with Crippen LogP contribution < -0.4 is 4.90 Å². The number of rotatable bonds is 7. The summed E-state index contributed by atoms with van der Waals surface area (Å²) >= 11 is 0. The highest BCUT2D eigenvalue weighted by Gasteiger charge is 2.26. The number of carbonyl (C=O) groups excluding carboxylic acids is 1. The van der Waals surface area contributed by atoms with Gasteiger partial charge in [0.15, 0.2) is 0 Å². The predicted octanol–water partition coefficient (Wildman–Crippen LogP) is 1.24. The summed E-state index contributed by atoms with van der Waals surface area (Å²) < 4.78 is 7.57. The molecule has 1 amide bonds. The molecule has 0 unspecified atom stereocenters. The van der Waals surface area contributed by atoms with Crippen LogP contribution in [0.15, 0.2) is 18.3 Å². The van der Waals surface area contributed by atoms with Gasteiger partial charge < -0.3 is 19.1 Å². The van der Waals surface area contributed by atoms with E-state index in [1.165, 1.54) is 25.0 Å². The molecule has 1 aliphatic carbocycles. The zero-order chi connectivity index (χ0) is 17.5. The highest BCUT2D eigenvalue weighted by Crippen LogP contribution is 2.26. The topological polar surface area (TPSA) is 38.9 Å². The van der Waals surface area contributed by atoms with Gasteiger partial charge in [-0.05, 0) is 25.0 Å². The van der Waals surface area contributed by atoms with Crippen molar-refractivity contribution >= 4 is 5.91 Å². The van der Waals surface area contributed by atoms with Crippen molar-refractivity contribution in [2.75, 3.05) is 39.4 Å². The van der Waals surface area contributed by atoms with Crippen molar-refractivity contribution < 1.29 is 14.4 Å². The summed E-state index contributed by atoms with van der Waals surface area (Å²) in [5, 5.41) is 0. The van der Waals surface area contributed by atoms with E-state index in [1.54, 1.807) is 4.90 Å². The Bertz CT molecular complexity index is 531. The molecule has 2 fully saturated rings. The van der Waals surface area contributed by atoms with Crippen molar-refractivity contribution in [3.05, 3.63) is 24.0 Å². The first-order valence-corrected chi connectivity index (χ1v) is 10.0. The second-order valence-corrected chi connectivity index (χ2v) is 7.67. The van der Waals surface area contributed by atoms with Gasteiger partial charge in [0.25, 0.3) is 0 Å². The molecule has 0 bridgehead atoms. The molecule has 1 aromatic rings. The lowest BCUT2D eigenvalue weighted by Crippen LogP contribution is -3.14. The average molecular weight is 349 g/mol. The van der Waals surface area contributed by atoms with Crippen LogP contribution in [0.2, 0.25) is 0 Å². The lowest BCUT2D eigenvalue weighted by atomic mass is 9.88. The number of aromatic nitrogens is 1. The highest BCUT2D eigenvalue weighted by molar-refractivity contribution is 5.78. The molecule has 1 saturated carbocycles. The molecule has 0 aromatic carbocycles. The second kappa shape index (κ2) is 9.39. The van der Waals surface area contributed by atoms with Crippen LogP contribution in [-0.4, -0.2) is 54.8 Å². The van der Waals surface area contributed by atoms with E-state index in [-0.39, 0.29) is 5.92 Å². The highest BCUT2D eigenvalue weighted by atomic mass is 16.5. The molecule has 140 valence electrons. The molecule has 1 N–H and O–H groups in total. The SMILES string of the molecule is Cn1cccc1CN(CCC[NH+]1CCOCC1)C(=O)C1CCCCC1. The van der Waals surface area contributed by atoms with Crippen LogP contribution in [0, 0.1) is 5.92 Å². The average Bonchev–Trinajstić information content (AvgIpc) is 3.06. The van der Waals surface area contributed by atoms with Crippen molar-refractivity contribution in [1.82, 2.24) is 9.47 Å². The van der Waals surface area contributed by atoms with E-state index in [1.807, 2.05) is 0 Å². The number of carbonyl (C=O) groups is 1. The third-order valence-electron chi connectivity index (χ3n) is 5.83. The van der Waals surface area contributed by atoms with Gasteiger partial charge in [-0.15, -0.1) is 0 Å². The summed E-state index contributed by atoms with van der Waals surface area (Å²) in [6.07, 6.45) is 9.03. The Morgan fingerprint density at radius 2 is 2.04 bits per heavy atom. The monoisotopic (exact) mass is 348 g/mol. The molecule has 3 rings (SSSR count). The van der Waals surface area contributed by atoms with E-state index in [2.05, 4.69) is 34.8 Å². The Morgan fingerprint density at radius 3 is 2.72 bits per heavy atom. The van der Waals surface area contributed by atoms with Gasteiger partial charge >= 0.3 is 0 Å². The van der Waals surface area contributed by atoms with Crippen LogP contribution in [0.1, 0.15) is 44.2 Å². The van der Waals surface area contributed by atoms with Crippen LogP contribution in [0.25, 0.3) is 0 Å². The molecule has 0 spiro atoms. The zero-order valence-corrected chi connectivity index (χ0v) is 15.7. The van der Waals surface area contributed by atoms with Crippen LogP contribution in [0.5, 0.6) is 0 Å². The Balaban J connectivity index is 1.56. The van der Waals surface area contributed by atoms with Gasteiger partial charge in [-0.2, -0.15) is 0 Å². The quantitative estimate of drug-likeness (QED) is 0.805. The maximum Gasteiger partial charge on any atom is 0.226 e. The van der Waals surface area contributed by atoms with Gasteiger partial charge in [0.1, 0.15) is 13.1 Å². The Kier molecular flexibility index (Phi) is 6.93. The lowest BCUT2D eigenvalue weighted by Gasteiger charge is -2.30. The number of nitrogens with one attached hydrogen (secondary N) is 1. The first-order valence-electron chi connectivity index (χ1n) is 10.0. The van der Waals surface area contributed by atoms with E-state index in [0.29, 0.717) is 5.91 Å². The largest absolute Gasteiger partial charge is 0.370 e. The number of aryl methyl sites for hydroxylation is 1. The molecule has 5 heteroatoms. The molecular formula is C20H34N3O2+. The number of morpholine rings is 1. The van der Waals surface area contributed by atoms with E-state index in [0.717, 1.165) is 65.2 Å². The number of nitrogens with zero attached hydrogens (tertiary/aromatic N) is 2. The third-order valence-corrected chi connectivity index (χ3v) is 5.83. The minimum atomic E-state index is 0.254. The van der Waals surface area contributed by atoms with Crippen LogP contribution in [0.4, 0.5) is 0 Å². The molecule has 25 heavy (non-hydrogen) atoms. The van der Waals surface area contributed by atoms with Crippen LogP contribution in [0.3, 0.4) is 0 Å². The standard InChI is InChI=1S/C20H33N3O2/c1-21-10-5-9-19(21)17-23(20(24)18-7-3-2-4-8-18)12-6-11-22-13-15-25-16-14-22/h5,9-10,18H,2-4,6-8,11-17H2,1H3/p+1. The van der Waals surface area contributed by atoms with Crippen molar-refractivity contribution in [2.45, 2.75) is 45.1 Å². The van der Waals surface area contributed by atoms with Crippen molar-refractivity contribution in [3.63, 3.8) is 0 Å². The van der Waals surface area contributed by atoms with Gasteiger partial charge in [0.2, 0.25) is 5.91 Å². The fourth-order valence-corrected chi connectivity index (χ4v) is 4.16. The summed E-state index contributed by atoms with van der Waals surface area (Å²) in [5.74, 6) is 0.641. The Labute approximate surface area is 151 Å². The summed E-state index contributed by atoms with van der Waals surface area (Å²) in [4.78, 5) is 16.9. The second-order valence-electron chi connectivity index (χ2n) is 7.67. The first-order chi connectivity index (χ1) is 12.2. The maximum absolute atomic E-state index is 13.1. The number of hydrogen-bond donors (Lipinski definition) is 1. The van der Waals surface area contributed by atoms with Gasteiger partial charge in [-0.1, -0.05) is 19.3 Å². The molecule has 5 nitrogen and oxygen atoms in total. The smallest absolute Gasteiger partial charge is 0.226 e. The van der Waals surface area contributed by atoms with E-state index >= 15 is 0 Å². The third kappa shape index (κ3) is 5.32. The van der Waals surface area contributed by atoms with Crippen molar-refractivity contribution in [1.29, 1.82) is 0 Å². The predicted molar refractivity (Wildman–Crippen MR) is 98.4 cm³/mol. The van der Waals surface area contributed by atoms with Gasteiger partial charge in [0.05, 0.1) is 26.3 Å². The molecule has 1 aromatic heterocycles. The Hall–Kier alpha value is -1.33. The van der Waals surface area contributed by atoms with E-state index in [9.17, 15) is 4.79 Å². The molecule has 0 radical (unpaired) electrons. The minimum absolute atomic E-state index is 0.254. The summed E-state index contributed by atoms with van der Waals surface area (Å²) in [6, 6.07) is 4.20. The number of amides is 1. The van der Waals surface area contributed by atoms with Crippen LogP contribution >= 0.6 is 0 Å². The van der Waals surface area contributed by atoms with Crippen LogP contribution in [-0.2, 0) is 23.1 Å². The number of hydrogen-bond acceptors (Lipinski definition) is 2. The fourth-order valence-electron chi connectivity index (χ4n) is 4.16. The molecule has 1 saturated heterocycles. The molecule has 0 atom stereocenters. The lowest BCUT2D eigenvalue weighted by molar-refractivity contribution is -0.908. The Morgan fingerprint density at radius 1 is 1.28 bits per heavy atom. The van der Waals surface area contributed by atoms with Gasteiger partial charge in [-0.3, -0.25) is 4.79 Å². The van der Waals surface area contributed by atoms with Crippen molar-refractivity contribution in [3.8, 4) is 0 Å². The minimum Gasteiger partial charge on any atom is -0.370 e. The summed E-state index contributed by atoms with van der Waals surface area (Å²) in [6.45, 7) is 6.74.